The number of hydrogen-bond donors (Lipinski definition) is 1. The first kappa shape index (κ1) is 17.0. The number of carbonyl (C=O) groups excluding carboxylic acids is 2. The van der Waals surface area contributed by atoms with Gasteiger partial charge in [-0.25, -0.2) is 0 Å². The van der Waals surface area contributed by atoms with E-state index in [9.17, 15) is 9.59 Å². The van der Waals surface area contributed by atoms with E-state index in [0.29, 0.717) is 37.4 Å². The van der Waals surface area contributed by atoms with Crippen LogP contribution in [0, 0.1) is 5.92 Å². The minimum atomic E-state index is -0.172. The van der Waals surface area contributed by atoms with E-state index >= 15 is 0 Å². The van der Waals surface area contributed by atoms with Gasteiger partial charge in [0.2, 0.25) is 5.91 Å². The topological polar surface area (TPSA) is 58.6 Å². The zero-order chi connectivity index (χ0) is 17.6. The Balaban J connectivity index is 1.59. The predicted octanol–water partition coefficient (Wildman–Crippen LogP) is 2.87. The molecule has 1 aliphatic heterocycles. The highest BCUT2D eigenvalue weighted by molar-refractivity contribution is 5.97. The largest absolute Gasteiger partial charge is 0.493 e. The van der Waals surface area contributed by atoms with E-state index in [1.165, 1.54) is 0 Å². The Kier molecular flexibility index (Phi) is 5.33. The Morgan fingerprint density at radius 2 is 1.88 bits per heavy atom. The number of nitrogens with one attached hydrogen (secondary N) is 1. The van der Waals surface area contributed by atoms with Gasteiger partial charge < -0.3 is 15.0 Å². The molecule has 130 valence electrons. The SMILES string of the molecule is CCOc1ccccc1C(=O)NC[C@H]1CC(=O)N(c2ccccc2)C1. The zero-order valence-corrected chi connectivity index (χ0v) is 14.3. The van der Waals surface area contributed by atoms with Crippen LogP contribution < -0.4 is 15.0 Å². The smallest absolute Gasteiger partial charge is 0.255 e. The third kappa shape index (κ3) is 3.99. The number of nitrogens with zero attached hydrogens (tertiary/aromatic N) is 1. The van der Waals surface area contributed by atoms with Crippen LogP contribution in [-0.2, 0) is 4.79 Å². The van der Waals surface area contributed by atoms with E-state index in [-0.39, 0.29) is 17.7 Å². The van der Waals surface area contributed by atoms with E-state index in [0.717, 1.165) is 5.69 Å². The summed E-state index contributed by atoms with van der Waals surface area (Å²) in [5.41, 5.74) is 1.43. The van der Waals surface area contributed by atoms with Gasteiger partial charge in [0.1, 0.15) is 5.75 Å². The van der Waals surface area contributed by atoms with Gasteiger partial charge in [0, 0.05) is 31.1 Å². The lowest BCUT2D eigenvalue weighted by molar-refractivity contribution is -0.117. The number of ether oxygens (including phenoxy) is 1. The fourth-order valence-corrected chi connectivity index (χ4v) is 3.04. The monoisotopic (exact) mass is 338 g/mol. The van der Waals surface area contributed by atoms with Crippen molar-refractivity contribution in [2.45, 2.75) is 13.3 Å². The molecule has 0 bridgehead atoms. The molecule has 5 heteroatoms. The highest BCUT2D eigenvalue weighted by atomic mass is 16.5. The molecule has 1 aliphatic rings. The Hall–Kier alpha value is -2.82. The van der Waals surface area contributed by atoms with Crippen molar-refractivity contribution in [3.05, 3.63) is 60.2 Å². The van der Waals surface area contributed by atoms with Gasteiger partial charge in [-0.05, 0) is 31.2 Å². The van der Waals surface area contributed by atoms with Crippen molar-refractivity contribution < 1.29 is 14.3 Å². The van der Waals surface area contributed by atoms with Gasteiger partial charge in [-0.1, -0.05) is 30.3 Å². The highest BCUT2D eigenvalue weighted by Crippen LogP contribution is 2.24. The molecule has 0 unspecified atom stereocenters. The molecule has 1 heterocycles. The van der Waals surface area contributed by atoms with Crippen molar-refractivity contribution in [3.8, 4) is 5.75 Å². The zero-order valence-electron chi connectivity index (χ0n) is 14.3. The van der Waals surface area contributed by atoms with Gasteiger partial charge in [0.05, 0.1) is 12.2 Å². The maximum absolute atomic E-state index is 12.4. The van der Waals surface area contributed by atoms with Crippen molar-refractivity contribution in [1.82, 2.24) is 5.32 Å². The first-order valence-electron chi connectivity index (χ1n) is 8.54. The van der Waals surface area contributed by atoms with E-state index in [1.807, 2.05) is 49.4 Å². The Morgan fingerprint density at radius 3 is 2.64 bits per heavy atom. The van der Waals surface area contributed by atoms with Gasteiger partial charge in [0.15, 0.2) is 0 Å². The van der Waals surface area contributed by atoms with Crippen molar-refractivity contribution >= 4 is 17.5 Å². The summed E-state index contributed by atoms with van der Waals surface area (Å²) in [5.74, 6) is 0.613. The molecule has 1 saturated heterocycles. The number of rotatable bonds is 6. The second-order valence-corrected chi connectivity index (χ2v) is 6.05. The van der Waals surface area contributed by atoms with Crippen LogP contribution in [0.1, 0.15) is 23.7 Å². The van der Waals surface area contributed by atoms with Crippen molar-refractivity contribution in [2.75, 3.05) is 24.6 Å². The maximum atomic E-state index is 12.4. The third-order valence-corrected chi connectivity index (χ3v) is 4.26. The van der Waals surface area contributed by atoms with Crippen LogP contribution in [0.25, 0.3) is 0 Å². The molecule has 2 aromatic rings. The van der Waals surface area contributed by atoms with Gasteiger partial charge in [-0.15, -0.1) is 0 Å². The number of para-hydroxylation sites is 2. The molecule has 5 nitrogen and oxygen atoms in total. The normalized spacial score (nSPS) is 16.8. The molecule has 0 aromatic heterocycles. The molecule has 0 aliphatic carbocycles. The van der Waals surface area contributed by atoms with Crippen LogP contribution >= 0.6 is 0 Å². The molecule has 0 radical (unpaired) electrons. The highest BCUT2D eigenvalue weighted by Gasteiger charge is 2.30. The molecular weight excluding hydrogens is 316 g/mol. The minimum Gasteiger partial charge on any atom is -0.493 e. The molecule has 1 fully saturated rings. The fraction of sp³-hybridized carbons (Fsp3) is 0.300. The molecule has 1 N–H and O–H groups in total. The summed E-state index contributed by atoms with van der Waals surface area (Å²) >= 11 is 0. The van der Waals surface area contributed by atoms with Gasteiger partial charge in [0.25, 0.3) is 5.91 Å². The number of hydrogen-bond acceptors (Lipinski definition) is 3. The van der Waals surface area contributed by atoms with E-state index < -0.39 is 0 Å². The summed E-state index contributed by atoms with van der Waals surface area (Å²) in [4.78, 5) is 26.5. The predicted molar refractivity (Wildman–Crippen MR) is 96.8 cm³/mol. The number of amides is 2. The lowest BCUT2D eigenvalue weighted by Crippen LogP contribution is -2.31. The van der Waals surface area contributed by atoms with Crippen LogP contribution in [0.2, 0.25) is 0 Å². The Bertz CT molecular complexity index is 746. The van der Waals surface area contributed by atoms with Crippen molar-refractivity contribution in [3.63, 3.8) is 0 Å². The lowest BCUT2D eigenvalue weighted by Gasteiger charge is -2.17. The van der Waals surface area contributed by atoms with E-state index in [2.05, 4.69) is 5.32 Å². The molecule has 3 rings (SSSR count). The van der Waals surface area contributed by atoms with Gasteiger partial charge >= 0.3 is 0 Å². The molecule has 0 spiro atoms. The second-order valence-electron chi connectivity index (χ2n) is 6.05. The first-order valence-corrected chi connectivity index (χ1v) is 8.54. The number of anilines is 1. The summed E-state index contributed by atoms with van der Waals surface area (Å²) in [6.07, 6.45) is 0.447. The standard InChI is InChI=1S/C20H22N2O3/c1-2-25-18-11-7-6-10-17(18)20(24)21-13-15-12-19(23)22(14-15)16-8-4-3-5-9-16/h3-11,15H,2,12-14H2,1H3,(H,21,24)/t15-/m1/s1. The average Bonchev–Trinajstić information content (AvgIpc) is 3.02. The van der Waals surface area contributed by atoms with Crippen molar-refractivity contribution in [1.29, 1.82) is 0 Å². The summed E-state index contributed by atoms with van der Waals surface area (Å²) in [6.45, 7) is 3.48. The average molecular weight is 338 g/mol. The lowest BCUT2D eigenvalue weighted by atomic mass is 10.1. The summed E-state index contributed by atoms with van der Waals surface area (Å²) in [5, 5.41) is 2.93. The van der Waals surface area contributed by atoms with E-state index in [4.69, 9.17) is 4.74 Å². The van der Waals surface area contributed by atoms with Gasteiger partial charge in [-0.2, -0.15) is 0 Å². The molecule has 2 amide bonds. The van der Waals surface area contributed by atoms with Gasteiger partial charge in [-0.3, -0.25) is 9.59 Å². The number of carbonyl (C=O) groups is 2. The van der Waals surface area contributed by atoms with E-state index in [1.54, 1.807) is 17.0 Å². The minimum absolute atomic E-state index is 0.0974. The molecule has 0 saturated carbocycles. The summed E-state index contributed by atoms with van der Waals surface area (Å²) in [6, 6.07) is 16.8. The quantitative estimate of drug-likeness (QED) is 0.881. The van der Waals surface area contributed by atoms with Crippen LogP contribution in [0.4, 0.5) is 5.69 Å². The third-order valence-electron chi connectivity index (χ3n) is 4.26. The second kappa shape index (κ2) is 7.83. The molecule has 2 aromatic carbocycles. The van der Waals surface area contributed by atoms with Crippen LogP contribution in [-0.4, -0.2) is 31.5 Å². The molecular formula is C20H22N2O3. The van der Waals surface area contributed by atoms with Crippen LogP contribution in [0.3, 0.4) is 0 Å². The maximum Gasteiger partial charge on any atom is 0.255 e. The van der Waals surface area contributed by atoms with Crippen LogP contribution in [0.5, 0.6) is 5.75 Å². The first-order chi connectivity index (χ1) is 12.2. The summed E-state index contributed by atoms with van der Waals surface area (Å²) in [7, 11) is 0. The fourth-order valence-electron chi connectivity index (χ4n) is 3.04. The Labute approximate surface area is 147 Å². The number of benzene rings is 2. The van der Waals surface area contributed by atoms with Crippen LogP contribution in [0.15, 0.2) is 54.6 Å². The van der Waals surface area contributed by atoms with Crippen molar-refractivity contribution in [2.24, 2.45) is 5.92 Å². The molecule has 1 atom stereocenters. The molecule has 25 heavy (non-hydrogen) atoms. The Morgan fingerprint density at radius 1 is 1.16 bits per heavy atom. The summed E-state index contributed by atoms with van der Waals surface area (Å²) < 4.78 is 5.50.